The average molecular weight is 382 g/mol. The van der Waals surface area contributed by atoms with Crippen molar-refractivity contribution in [1.29, 1.82) is 0 Å². The van der Waals surface area contributed by atoms with Gasteiger partial charge < -0.3 is 14.4 Å². The smallest absolute Gasteiger partial charge is 0.260 e. The number of para-hydroxylation sites is 1. The van der Waals surface area contributed by atoms with E-state index in [9.17, 15) is 4.79 Å². The van der Waals surface area contributed by atoms with Crippen LogP contribution in [0.3, 0.4) is 0 Å². The monoisotopic (exact) mass is 382 g/mol. The van der Waals surface area contributed by atoms with Crippen LogP contribution < -0.4 is 9.47 Å². The molecule has 0 fully saturated rings. The topological polar surface area (TPSA) is 51.7 Å². The normalized spacial score (nSPS) is 11.1. The fourth-order valence-electron chi connectivity index (χ4n) is 2.63. The standard InChI is InChI=1S/C21H22N2O3S/c1-4-7-15-10-11-17(18(12-15)25-3)26-14-21(24)23(2)13-20-22-16-8-5-6-9-19(16)27-20/h4-12H,13-14H2,1-3H3/b7-4+. The van der Waals surface area contributed by atoms with Crippen LogP contribution in [-0.4, -0.2) is 36.6 Å². The first-order valence-corrected chi connectivity index (χ1v) is 9.44. The molecule has 0 radical (unpaired) electrons. The number of rotatable bonds is 7. The van der Waals surface area contributed by atoms with E-state index in [1.165, 1.54) is 0 Å². The van der Waals surface area contributed by atoms with Crippen LogP contribution in [0.2, 0.25) is 0 Å². The minimum Gasteiger partial charge on any atom is -0.493 e. The number of likely N-dealkylation sites (N-methyl/N-ethyl adjacent to an activating group) is 1. The van der Waals surface area contributed by atoms with E-state index in [4.69, 9.17) is 9.47 Å². The summed E-state index contributed by atoms with van der Waals surface area (Å²) < 4.78 is 12.2. The average Bonchev–Trinajstić information content (AvgIpc) is 3.09. The lowest BCUT2D eigenvalue weighted by atomic mass is 10.2. The van der Waals surface area contributed by atoms with E-state index in [1.54, 1.807) is 30.4 Å². The van der Waals surface area contributed by atoms with Gasteiger partial charge in [0.1, 0.15) is 5.01 Å². The maximum atomic E-state index is 12.4. The van der Waals surface area contributed by atoms with Crippen molar-refractivity contribution in [3.8, 4) is 11.5 Å². The van der Waals surface area contributed by atoms with Gasteiger partial charge >= 0.3 is 0 Å². The molecule has 27 heavy (non-hydrogen) atoms. The maximum Gasteiger partial charge on any atom is 0.260 e. The largest absolute Gasteiger partial charge is 0.493 e. The van der Waals surface area contributed by atoms with Gasteiger partial charge in [-0.3, -0.25) is 4.79 Å². The minimum atomic E-state index is -0.117. The van der Waals surface area contributed by atoms with Crippen LogP contribution in [0, 0.1) is 0 Å². The van der Waals surface area contributed by atoms with Crippen LogP contribution in [0.5, 0.6) is 11.5 Å². The van der Waals surface area contributed by atoms with Crippen molar-refractivity contribution in [2.24, 2.45) is 0 Å². The van der Waals surface area contributed by atoms with Crippen molar-refractivity contribution in [1.82, 2.24) is 9.88 Å². The summed E-state index contributed by atoms with van der Waals surface area (Å²) in [6.45, 7) is 2.36. The van der Waals surface area contributed by atoms with E-state index in [0.29, 0.717) is 18.0 Å². The molecule has 0 bridgehead atoms. The molecule has 1 amide bonds. The van der Waals surface area contributed by atoms with Gasteiger partial charge in [0.15, 0.2) is 18.1 Å². The highest BCUT2D eigenvalue weighted by Crippen LogP contribution is 2.28. The zero-order chi connectivity index (χ0) is 19.2. The molecule has 0 spiro atoms. The molecule has 0 aliphatic rings. The van der Waals surface area contributed by atoms with Crippen molar-refractivity contribution in [3.05, 3.63) is 59.1 Å². The zero-order valence-electron chi connectivity index (χ0n) is 15.6. The number of amides is 1. The Labute approximate surface area is 162 Å². The molecule has 0 N–H and O–H groups in total. The van der Waals surface area contributed by atoms with Gasteiger partial charge in [-0.2, -0.15) is 0 Å². The summed E-state index contributed by atoms with van der Waals surface area (Å²) in [5, 5.41) is 0.903. The first-order chi connectivity index (χ1) is 13.1. The molecule has 0 unspecified atom stereocenters. The number of fused-ring (bicyclic) bond motifs is 1. The molecule has 6 heteroatoms. The summed E-state index contributed by atoms with van der Waals surface area (Å²) in [6, 6.07) is 13.6. The van der Waals surface area contributed by atoms with Crippen LogP contribution >= 0.6 is 11.3 Å². The van der Waals surface area contributed by atoms with E-state index < -0.39 is 0 Å². The second kappa shape index (κ2) is 8.68. The number of hydrogen-bond acceptors (Lipinski definition) is 5. The molecular formula is C21H22N2O3S. The molecule has 3 aromatic rings. The molecule has 2 aromatic carbocycles. The summed E-state index contributed by atoms with van der Waals surface area (Å²) in [7, 11) is 3.34. The molecule has 0 atom stereocenters. The molecular weight excluding hydrogens is 360 g/mol. The fourth-order valence-corrected chi connectivity index (χ4v) is 3.65. The highest BCUT2D eigenvalue weighted by atomic mass is 32.1. The van der Waals surface area contributed by atoms with Gasteiger partial charge in [-0.05, 0) is 36.8 Å². The number of nitrogens with zero attached hydrogens (tertiary/aromatic N) is 2. The van der Waals surface area contributed by atoms with Crippen molar-refractivity contribution >= 4 is 33.5 Å². The molecule has 0 saturated heterocycles. The predicted molar refractivity (Wildman–Crippen MR) is 109 cm³/mol. The van der Waals surface area contributed by atoms with E-state index in [1.807, 2.05) is 61.5 Å². The Morgan fingerprint density at radius 3 is 2.78 bits per heavy atom. The summed E-state index contributed by atoms with van der Waals surface area (Å²) in [4.78, 5) is 18.6. The van der Waals surface area contributed by atoms with Gasteiger partial charge in [-0.25, -0.2) is 4.98 Å². The van der Waals surface area contributed by atoms with Gasteiger partial charge in [0.05, 0.1) is 23.9 Å². The number of ether oxygens (including phenoxy) is 2. The Hall–Kier alpha value is -2.86. The number of methoxy groups -OCH3 is 1. The maximum absolute atomic E-state index is 12.4. The highest BCUT2D eigenvalue weighted by Gasteiger charge is 2.14. The number of benzene rings is 2. The SMILES string of the molecule is C/C=C/c1ccc(OCC(=O)N(C)Cc2nc3ccccc3s2)c(OC)c1. The molecule has 3 rings (SSSR count). The Morgan fingerprint density at radius 2 is 2.04 bits per heavy atom. The fraction of sp³-hybridized carbons (Fsp3) is 0.238. The first kappa shape index (κ1) is 18.9. The van der Waals surface area contributed by atoms with Gasteiger partial charge in [0.25, 0.3) is 5.91 Å². The lowest BCUT2D eigenvalue weighted by molar-refractivity contribution is -0.132. The molecule has 0 aliphatic heterocycles. The van der Waals surface area contributed by atoms with Crippen molar-refractivity contribution in [3.63, 3.8) is 0 Å². The number of allylic oxidation sites excluding steroid dienone is 1. The van der Waals surface area contributed by atoms with E-state index >= 15 is 0 Å². The third kappa shape index (κ3) is 4.65. The van der Waals surface area contributed by atoms with Crippen LogP contribution in [-0.2, 0) is 11.3 Å². The van der Waals surface area contributed by atoms with Gasteiger partial charge in [0, 0.05) is 7.05 Å². The molecule has 5 nitrogen and oxygen atoms in total. The third-order valence-electron chi connectivity index (χ3n) is 4.03. The second-order valence-electron chi connectivity index (χ2n) is 6.02. The molecule has 1 heterocycles. The van der Waals surface area contributed by atoms with Gasteiger partial charge in [0.2, 0.25) is 0 Å². The summed E-state index contributed by atoms with van der Waals surface area (Å²) >= 11 is 1.60. The van der Waals surface area contributed by atoms with Crippen LogP contribution in [0.1, 0.15) is 17.5 Å². The van der Waals surface area contributed by atoms with Gasteiger partial charge in [-0.1, -0.05) is 30.4 Å². The van der Waals surface area contributed by atoms with Crippen molar-refractivity contribution in [2.45, 2.75) is 13.5 Å². The number of carbonyl (C=O) groups excluding carboxylic acids is 1. The Morgan fingerprint density at radius 1 is 1.22 bits per heavy atom. The highest BCUT2D eigenvalue weighted by molar-refractivity contribution is 7.18. The lowest BCUT2D eigenvalue weighted by Crippen LogP contribution is -2.30. The first-order valence-electron chi connectivity index (χ1n) is 8.62. The summed E-state index contributed by atoms with van der Waals surface area (Å²) in [5.74, 6) is 1.04. The zero-order valence-corrected chi connectivity index (χ0v) is 16.5. The van der Waals surface area contributed by atoms with Gasteiger partial charge in [-0.15, -0.1) is 11.3 Å². The van der Waals surface area contributed by atoms with E-state index in [0.717, 1.165) is 20.8 Å². The van der Waals surface area contributed by atoms with Crippen LogP contribution in [0.15, 0.2) is 48.5 Å². The molecule has 1 aromatic heterocycles. The van der Waals surface area contributed by atoms with E-state index in [2.05, 4.69) is 4.98 Å². The number of carbonyl (C=O) groups is 1. The lowest BCUT2D eigenvalue weighted by Gasteiger charge is -2.17. The summed E-state index contributed by atoms with van der Waals surface area (Å²) in [6.07, 6.45) is 3.93. The third-order valence-corrected chi connectivity index (χ3v) is 5.06. The number of hydrogen-bond donors (Lipinski definition) is 0. The van der Waals surface area contributed by atoms with Crippen molar-refractivity contribution < 1.29 is 14.3 Å². The predicted octanol–water partition coefficient (Wildman–Crippen LogP) is 4.38. The quantitative estimate of drug-likeness (QED) is 0.609. The summed E-state index contributed by atoms with van der Waals surface area (Å²) in [5.41, 5.74) is 1.97. The Bertz CT molecular complexity index is 932. The van der Waals surface area contributed by atoms with E-state index in [-0.39, 0.29) is 12.5 Å². The van der Waals surface area contributed by atoms with Crippen molar-refractivity contribution in [2.75, 3.05) is 20.8 Å². The second-order valence-corrected chi connectivity index (χ2v) is 7.14. The molecule has 140 valence electrons. The number of aromatic nitrogens is 1. The Balaban J connectivity index is 1.61. The van der Waals surface area contributed by atoms with Crippen LogP contribution in [0.4, 0.5) is 0 Å². The molecule has 0 saturated carbocycles. The minimum absolute atomic E-state index is 0.0548. The van der Waals surface area contributed by atoms with Crippen LogP contribution in [0.25, 0.3) is 16.3 Å². The molecule has 0 aliphatic carbocycles. The Kier molecular flexibility index (Phi) is 6.08. The number of thiazole rings is 1.